The molecule has 0 bridgehead atoms. The van der Waals surface area contributed by atoms with Gasteiger partial charge in [-0.1, -0.05) is 36.4 Å². The molecule has 0 radical (unpaired) electrons. The zero-order valence-electron chi connectivity index (χ0n) is 18.3. The molecule has 164 valence electrons. The van der Waals surface area contributed by atoms with Gasteiger partial charge < -0.3 is 20.0 Å². The SMILES string of the molecule is COc1ccc(C(N)(c2ccc3[nH]c(=O)cc(-c4ccccc4)c3c2)c2cncn2C)nc1. The van der Waals surface area contributed by atoms with E-state index in [2.05, 4.69) is 15.0 Å². The number of H-pyrrole nitrogens is 1. The number of aromatic nitrogens is 4. The van der Waals surface area contributed by atoms with Gasteiger partial charge in [0.05, 0.1) is 37.2 Å². The normalized spacial score (nSPS) is 13.1. The van der Waals surface area contributed by atoms with Crippen molar-refractivity contribution in [3.63, 3.8) is 0 Å². The molecule has 0 amide bonds. The molecule has 1 unspecified atom stereocenters. The van der Waals surface area contributed by atoms with Gasteiger partial charge in [0, 0.05) is 24.0 Å². The van der Waals surface area contributed by atoms with Crippen LogP contribution in [-0.2, 0) is 12.6 Å². The third-order valence-electron chi connectivity index (χ3n) is 5.98. The highest BCUT2D eigenvalue weighted by Gasteiger charge is 2.36. The van der Waals surface area contributed by atoms with Crippen LogP contribution in [0.15, 0.2) is 90.2 Å². The molecule has 5 aromatic rings. The molecule has 7 heteroatoms. The van der Waals surface area contributed by atoms with Gasteiger partial charge in [-0.05, 0) is 41.0 Å². The molecule has 1 atom stereocenters. The lowest BCUT2D eigenvalue weighted by molar-refractivity contribution is 0.411. The van der Waals surface area contributed by atoms with Crippen molar-refractivity contribution < 1.29 is 4.74 Å². The van der Waals surface area contributed by atoms with Crippen molar-refractivity contribution in [1.29, 1.82) is 0 Å². The second kappa shape index (κ2) is 8.03. The molecule has 2 aromatic carbocycles. The highest BCUT2D eigenvalue weighted by molar-refractivity contribution is 5.95. The van der Waals surface area contributed by atoms with E-state index in [4.69, 9.17) is 10.5 Å². The number of fused-ring (bicyclic) bond motifs is 1. The molecule has 33 heavy (non-hydrogen) atoms. The van der Waals surface area contributed by atoms with Gasteiger partial charge in [-0.2, -0.15) is 0 Å². The van der Waals surface area contributed by atoms with Crippen LogP contribution >= 0.6 is 0 Å². The first-order valence-corrected chi connectivity index (χ1v) is 10.5. The monoisotopic (exact) mass is 437 g/mol. The fourth-order valence-electron chi connectivity index (χ4n) is 4.25. The number of nitrogens with zero attached hydrogens (tertiary/aromatic N) is 3. The molecule has 0 aliphatic heterocycles. The summed E-state index contributed by atoms with van der Waals surface area (Å²) in [6.07, 6.45) is 5.12. The Bertz CT molecular complexity index is 1490. The van der Waals surface area contributed by atoms with E-state index in [1.165, 1.54) is 0 Å². The fraction of sp³-hybridized carbons (Fsp3) is 0.115. The minimum atomic E-state index is -1.09. The molecular weight excluding hydrogens is 414 g/mol. The number of nitrogens with one attached hydrogen (secondary N) is 1. The van der Waals surface area contributed by atoms with Crippen molar-refractivity contribution in [2.45, 2.75) is 5.54 Å². The van der Waals surface area contributed by atoms with Crippen LogP contribution in [-0.4, -0.2) is 26.6 Å². The molecule has 0 saturated heterocycles. The average Bonchev–Trinajstić information content (AvgIpc) is 3.29. The fourth-order valence-corrected chi connectivity index (χ4v) is 4.25. The molecule has 5 rings (SSSR count). The van der Waals surface area contributed by atoms with E-state index in [0.29, 0.717) is 11.4 Å². The Morgan fingerprint density at radius 3 is 2.52 bits per heavy atom. The first-order chi connectivity index (χ1) is 16.0. The number of imidazole rings is 1. The first-order valence-electron chi connectivity index (χ1n) is 10.5. The van der Waals surface area contributed by atoms with Gasteiger partial charge in [-0.3, -0.25) is 9.78 Å². The Kier molecular flexibility index (Phi) is 5.03. The third-order valence-corrected chi connectivity index (χ3v) is 5.98. The largest absolute Gasteiger partial charge is 0.495 e. The smallest absolute Gasteiger partial charge is 0.249 e. The van der Waals surface area contributed by atoms with Crippen LogP contribution in [0.3, 0.4) is 0 Å². The first kappa shape index (κ1) is 20.7. The minimum absolute atomic E-state index is 0.156. The quantitative estimate of drug-likeness (QED) is 0.438. The van der Waals surface area contributed by atoms with Crippen LogP contribution < -0.4 is 16.0 Å². The van der Waals surface area contributed by atoms with Crippen LogP contribution in [0.4, 0.5) is 0 Å². The van der Waals surface area contributed by atoms with Crippen LogP contribution in [0, 0.1) is 0 Å². The second-order valence-electron chi connectivity index (χ2n) is 7.95. The summed E-state index contributed by atoms with van der Waals surface area (Å²) in [6, 6.07) is 21.0. The Balaban J connectivity index is 1.79. The number of benzene rings is 2. The number of rotatable bonds is 5. The van der Waals surface area contributed by atoms with Crippen molar-refractivity contribution in [3.8, 4) is 16.9 Å². The number of pyridine rings is 2. The van der Waals surface area contributed by atoms with E-state index in [1.807, 2.05) is 72.3 Å². The molecule has 3 N–H and O–H groups in total. The van der Waals surface area contributed by atoms with Gasteiger partial charge in [0.1, 0.15) is 11.3 Å². The van der Waals surface area contributed by atoms with E-state index in [9.17, 15) is 4.79 Å². The van der Waals surface area contributed by atoms with Crippen LogP contribution in [0.1, 0.15) is 17.0 Å². The van der Waals surface area contributed by atoms with Gasteiger partial charge in [0.25, 0.3) is 0 Å². The lowest BCUT2D eigenvalue weighted by Gasteiger charge is -2.30. The molecule has 7 nitrogen and oxygen atoms in total. The zero-order chi connectivity index (χ0) is 23.0. The number of hydrogen-bond donors (Lipinski definition) is 2. The van der Waals surface area contributed by atoms with Gasteiger partial charge in [-0.25, -0.2) is 4.98 Å². The summed E-state index contributed by atoms with van der Waals surface area (Å²) in [7, 11) is 3.50. The van der Waals surface area contributed by atoms with Crippen molar-refractivity contribution >= 4 is 10.9 Å². The zero-order valence-corrected chi connectivity index (χ0v) is 18.3. The summed E-state index contributed by atoms with van der Waals surface area (Å²) in [4.78, 5) is 24.2. The standard InChI is InChI=1S/C26H23N5O2/c1-31-16-28-15-24(31)26(27,23-11-9-19(33-2)14-29-23)18-8-10-22-21(12-18)20(13-25(32)30-22)17-6-4-3-5-7-17/h3-16H,27H2,1-2H3,(H,30,32). The Morgan fingerprint density at radius 2 is 1.85 bits per heavy atom. The predicted octanol–water partition coefficient (Wildman–Crippen LogP) is 3.58. The highest BCUT2D eigenvalue weighted by Crippen LogP contribution is 2.36. The van der Waals surface area contributed by atoms with Crippen LogP contribution in [0.5, 0.6) is 5.75 Å². The number of nitrogens with two attached hydrogens (primary N) is 1. The van der Waals surface area contributed by atoms with Gasteiger partial charge in [0.2, 0.25) is 5.56 Å². The molecule has 3 heterocycles. The topological polar surface area (TPSA) is 98.8 Å². The average molecular weight is 438 g/mol. The second-order valence-corrected chi connectivity index (χ2v) is 7.95. The summed E-state index contributed by atoms with van der Waals surface area (Å²) in [5.74, 6) is 0.647. The van der Waals surface area contributed by atoms with Crippen molar-refractivity contribution in [2.24, 2.45) is 12.8 Å². The van der Waals surface area contributed by atoms with Crippen molar-refractivity contribution in [1.82, 2.24) is 19.5 Å². The van der Waals surface area contributed by atoms with Crippen LogP contribution in [0.25, 0.3) is 22.0 Å². The molecule has 3 aromatic heterocycles. The number of hydrogen-bond acceptors (Lipinski definition) is 5. The summed E-state index contributed by atoms with van der Waals surface area (Å²) in [6.45, 7) is 0. The van der Waals surface area contributed by atoms with Gasteiger partial charge in [0.15, 0.2) is 0 Å². The molecule has 0 aliphatic carbocycles. The number of methoxy groups -OCH3 is 1. The number of ether oxygens (including phenoxy) is 1. The molecule has 0 aliphatic rings. The number of aryl methyl sites for hydroxylation is 1. The number of aromatic amines is 1. The van der Waals surface area contributed by atoms with Crippen molar-refractivity contribution in [2.75, 3.05) is 7.11 Å². The maximum Gasteiger partial charge on any atom is 0.249 e. The molecule has 0 spiro atoms. The van der Waals surface area contributed by atoms with Gasteiger partial charge >= 0.3 is 0 Å². The summed E-state index contributed by atoms with van der Waals surface area (Å²) in [5.41, 5.74) is 10.7. The maximum atomic E-state index is 12.4. The van der Waals surface area contributed by atoms with Gasteiger partial charge in [-0.15, -0.1) is 0 Å². The third kappa shape index (κ3) is 3.48. The van der Waals surface area contributed by atoms with Crippen molar-refractivity contribution in [3.05, 3.63) is 113 Å². The summed E-state index contributed by atoms with van der Waals surface area (Å²) in [5, 5.41) is 0.892. The van der Waals surface area contributed by atoms with E-state index < -0.39 is 5.54 Å². The van der Waals surface area contributed by atoms with E-state index >= 15 is 0 Å². The van der Waals surface area contributed by atoms with E-state index in [1.54, 1.807) is 31.9 Å². The molecule has 0 saturated carbocycles. The molecular formula is C26H23N5O2. The Labute approximate surface area is 190 Å². The highest BCUT2D eigenvalue weighted by atomic mass is 16.5. The summed E-state index contributed by atoms with van der Waals surface area (Å²) < 4.78 is 7.17. The van der Waals surface area contributed by atoms with E-state index in [0.717, 1.165) is 33.3 Å². The minimum Gasteiger partial charge on any atom is -0.495 e. The molecule has 0 fully saturated rings. The lowest BCUT2D eigenvalue weighted by Crippen LogP contribution is -2.41. The Hall–Kier alpha value is -4.23. The maximum absolute atomic E-state index is 12.4. The Morgan fingerprint density at radius 1 is 1.03 bits per heavy atom. The lowest BCUT2D eigenvalue weighted by atomic mass is 9.83. The van der Waals surface area contributed by atoms with E-state index in [-0.39, 0.29) is 5.56 Å². The summed E-state index contributed by atoms with van der Waals surface area (Å²) >= 11 is 0. The predicted molar refractivity (Wildman–Crippen MR) is 128 cm³/mol. The van der Waals surface area contributed by atoms with Crippen LogP contribution in [0.2, 0.25) is 0 Å².